The lowest BCUT2D eigenvalue weighted by Gasteiger charge is -2.12. The molecule has 0 aliphatic carbocycles. The minimum absolute atomic E-state index is 0.0198. The van der Waals surface area contributed by atoms with Crippen molar-refractivity contribution in [3.8, 4) is 5.75 Å². The number of hydrogen-bond acceptors (Lipinski definition) is 3. The molecule has 0 saturated carbocycles. The summed E-state index contributed by atoms with van der Waals surface area (Å²) in [6.07, 6.45) is -4.25. The van der Waals surface area contributed by atoms with Gasteiger partial charge in [-0.3, -0.25) is 4.79 Å². The van der Waals surface area contributed by atoms with Crippen molar-refractivity contribution in [2.45, 2.75) is 19.7 Å². The Kier molecular flexibility index (Phi) is 5.82. The highest BCUT2D eigenvalue weighted by atomic mass is 19.4. The number of alkyl halides is 3. The lowest BCUT2D eigenvalue weighted by atomic mass is 10.1. The Bertz CT molecular complexity index is 449. The van der Waals surface area contributed by atoms with E-state index in [0.29, 0.717) is 13.0 Å². The summed E-state index contributed by atoms with van der Waals surface area (Å²) in [5.41, 5.74) is 0.0861. The average molecular weight is 291 g/mol. The van der Waals surface area contributed by atoms with Crippen molar-refractivity contribution in [2.24, 2.45) is 5.92 Å². The monoisotopic (exact) mass is 291 g/mol. The zero-order valence-corrected chi connectivity index (χ0v) is 10.9. The van der Waals surface area contributed by atoms with E-state index >= 15 is 0 Å². The van der Waals surface area contributed by atoms with Crippen molar-refractivity contribution >= 4 is 5.91 Å². The highest BCUT2D eigenvalue weighted by Gasteiger charge is 2.31. The van der Waals surface area contributed by atoms with Crippen LogP contribution in [-0.4, -0.2) is 30.5 Å². The first-order valence-corrected chi connectivity index (χ1v) is 6.06. The van der Waals surface area contributed by atoms with E-state index in [0.717, 1.165) is 12.1 Å². The second-order valence-corrected chi connectivity index (χ2v) is 4.40. The molecular weight excluding hydrogens is 275 g/mol. The molecule has 1 atom stereocenters. The van der Waals surface area contributed by atoms with Crippen molar-refractivity contribution < 1.29 is 27.8 Å². The molecule has 0 heterocycles. The zero-order valence-electron chi connectivity index (χ0n) is 10.9. The van der Waals surface area contributed by atoms with Crippen LogP contribution in [0.5, 0.6) is 5.75 Å². The number of hydrogen-bond donors (Lipinski definition) is 2. The second kappa shape index (κ2) is 7.14. The Morgan fingerprint density at radius 1 is 1.45 bits per heavy atom. The number of halogens is 3. The normalized spacial score (nSPS) is 12.8. The molecule has 112 valence electrons. The van der Waals surface area contributed by atoms with Crippen LogP contribution < -0.4 is 10.1 Å². The first-order chi connectivity index (χ1) is 9.31. The summed E-state index contributed by atoms with van der Waals surface area (Å²) >= 11 is 0. The summed E-state index contributed by atoms with van der Waals surface area (Å²) < 4.78 is 39.9. The molecule has 1 unspecified atom stereocenters. The van der Waals surface area contributed by atoms with Gasteiger partial charge in [0.1, 0.15) is 5.75 Å². The predicted molar refractivity (Wildman–Crippen MR) is 66.3 cm³/mol. The molecule has 0 aromatic heterocycles. The lowest BCUT2D eigenvalue weighted by Crippen LogP contribution is -2.28. The van der Waals surface area contributed by atoms with Crippen LogP contribution in [0.2, 0.25) is 0 Å². The van der Waals surface area contributed by atoms with E-state index in [1.54, 1.807) is 0 Å². The molecule has 1 rings (SSSR count). The number of aliphatic hydroxyl groups is 1. The van der Waals surface area contributed by atoms with Crippen LogP contribution in [0, 0.1) is 5.92 Å². The Morgan fingerprint density at radius 3 is 2.75 bits per heavy atom. The fraction of sp³-hybridized carbons (Fsp3) is 0.462. The minimum atomic E-state index is -4.79. The van der Waals surface area contributed by atoms with Gasteiger partial charge in [-0.1, -0.05) is 13.0 Å². The smallest absolute Gasteiger partial charge is 0.406 e. The quantitative estimate of drug-likeness (QED) is 0.845. The molecule has 0 radical (unpaired) electrons. The fourth-order valence-electron chi connectivity index (χ4n) is 1.53. The molecule has 0 aliphatic heterocycles. The van der Waals surface area contributed by atoms with Gasteiger partial charge in [0.2, 0.25) is 0 Å². The second-order valence-electron chi connectivity index (χ2n) is 4.40. The largest absolute Gasteiger partial charge is 0.573 e. The van der Waals surface area contributed by atoms with E-state index in [1.165, 1.54) is 12.1 Å². The maximum atomic E-state index is 12.1. The minimum Gasteiger partial charge on any atom is -0.406 e. The van der Waals surface area contributed by atoms with Gasteiger partial charge in [-0.15, -0.1) is 13.2 Å². The molecule has 20 heavy (non-hydrogen) atoms. The highest BCUT2D eigenvalue weighted by Crippen LogP contribution is 2.23. The Morgan fingerprint density at radius 2 is 2.15 bits per heavy atom. The number of benzene rings is 1. The predicted octanol–water partition coefficient (Wildman–Crippen LogP) is 2.33. The third-order valence-electron chi connectivity index (χ3n) is 2.56. The lowest BCUT2D eigenvalue weighted by molar-refractivity contribution is -0.274. The Labute approximate surface area is 114 Å². The van der Waals surface area contributed by atoms with Gasteiger partial charge in [0.05, 0.1) is 0 Å². The molecule has 0 aliphatic rings. The third kappa shape index (κ3) is 5.92. The van der Waals surface area contributed by atoms with Crippen LogP contribution in [0.25, 0.3) is 0 Å². The standard InChI is InChI=1S/C13H16F3NO3/c1-9(5-6-18)8-17-12(19)10-3-2-4-11(7-10)20-13(14,15)16/h2-4,7,9,18H,5-6,8H2,1H3,(H,17,19). The molecule has 4 nitrogen and oxygen atoms in total. The topological polar surface area (TPSA) is 58.6 Å². The first kappa shape index (κ1) is 16.3. The van der Waals surface area contributed by atoms with Crippen molar-refractivity contribution in [3.05, 3.63) is 29.8 Å². The van der Waals surface area contributed by atoms with Crippen LogP contribution in [-0.2, 0) is 0 Å². The van der Waals surface area contributed by atoms with Crippen LogP contribution in [0.4, 0.5) is 13.2 Å². The third-order valence-corrected chi connectivity index (χ3v) is 2.56. The van der Waals surface area contributed by atoms with Gasteiger partial charge in [-0.2, -0.15) is 0 Å². The van der Waals surface area contributed by atoms with Crippen molar-refractivity contribution in [2.75, 3.05) is 13.2 Å². The fourth-order valence-corrected chi connectivity index (χ4v) is 1.53. The number of amides is 1. The highest BCUT2D eigenvalue weighted by molar-refractivity contribution is 5.94. The van der Waals surface area contributed by atoms with Gasteiger partial charge < -0.3 is 15.2 Å². The number of rotatable bonds is 6. The van der Waals surface area contributed by atoms with E-state index in [1.807, 2.05) is 6.92 Å². The van der Waals surface area contributed by atoms with Gasteiger partial charge >= 0.3 is 6.36 Å². The molecule has 0 fully saturated rings. The summed E-state index contributed by atoms with van der Waals surface area (Å²) in [5, 5.41) is 11.3. The molecule has 7 heteroatoms. The van der Waals surface area contributed by atoms with E-state index in [-0.39, 0.29) is 18.1 Å². The number of nitrogens with one attached hydrogen (secondary N) is 1. The SMILES string of the molecule is CC(CCO)CNC(=O)c1cccc(OC(F)(F)F)c1. The Hall–Kier alpha value is -1.76. The first-order valence-electron chi connectivity index (χ1n) is 6.06. The van der Waals surface area contributed by atoms with Gasteiger partial charge in [0.15, 0.2) is 0 Å². The molecule has 2 N–H and O–H groups in total. The van der Waals surface area contributed by atoms with Crippen LogP contribution in [0.3, 0.4) is 0 Å². The molecule has 1 amide bonds. The van der Waals surface area contributed by atoms with Crippen molar-refractivity contribution in [3.63, 3.8) is 0 Å². The number of aliphatic hydroxyl groups excluding tert-OH is 1. The summed E-state index contributed by atoms with van der Waals surface area (Å²) in [7, 11) is 0. The maximum absolute atomic E-state index is 12.1. The van der Waals surface area contributed by atoms with Crippen molar-refractivity contribution in [1.29, 1.82) is 0 Å². The van der Waals surface area contributed by atoms with Crippen LogP contribution >= 0.6 is 0 Å². The number of ether oxygens (including phenoxy) is 1. The summed E-state index contributed by atoms with van der Waals surface area (Å²) in [4.78, 5) is 11.8. The van der Waals surface area contributed by atoms with Crippen LogP contribution in [0.15, 0.2) is 24.3 Å². The summed E-state index contributed by atoms with van der Waals surface area (Å²) in [5.74, 6) is -0.838. The van der Waals surface area contributed by atoms with Crippen LogP contribution in [0.1, 0.15) is 23.7 Å². The summed E-state index contributed by atoms with van der Waals surface area (Å²) in [6, 6.07) is 4.86. The summed E-state index contributed by atoms with van der Waals surface area (Å²) in [6.45, 7) is 2.20. The number of carbonyl (C=O) groups is 1. The van der Waals surface area contributed by atoms with Gasteiger partial charge in [0, 0.05) is 18.7 Å². The van der Waals surface area contributed by atoms with E-state index < -0.39 is 18.0 Å². The van der Waals surface area contributed by atoms with Gasteiger partial charge in [-0.05, 0) is 30.5 Å². The molecule has 0 bridgehead atoms. The maximum Gasteiger partial charge on any atom is 0.573 e. The van der Waals surface area contributed by atoms with E-state index in [2.05, 4.69) is 10.1 Å². The number of carbonyl (C=O) groups excluding carboxylic acids is 1. The zero-order chi connectivity index (χ0) is 15.2. The average Bonchev–Trinajstić information content (AvgIpc) is 2.34. The van der Waals surface area contributed by atoms with Gasteiger partial charge in [0.25, 0.3) is 5.91 Å². The molecule has 0 spiro atoms. The van der Waals surface area contributed by atoms with E-state index in [4.69, 9.17) is 5.11 Å². The molecule has 0 saturated heterocycles. The van der Waals surface area contributed by atoms with Gasteiger partial charge in [-0.25, -0.2) is 0 Å². The van der Waals surface area contributed by atoms with Crippen molar-refractivity contribution in [1.82, 2.24) is 5.32 Å². The Balaban J connectivity index is 2.62. The molecule has 1 aromatic carbocycles. The molecule has 1 aromatic rings. The van der Waals surface area contributed by atoms with E-state index in [9.17, 15) is 18.0 Å². The molecular formula is C13H16F3NO3.